The fourth-order valence-electron chi connectivity index (χ4n) is 5.37. The van der Waals surface area contributed by atoms with Gasteiger partial charge in [-0.2, -0.15) is 0 Å². The van der Waals surface area contributed by atoms with Crippen LogP contribution in [0.3, 0.4) is 0 Å². The van der Waals surface area contributed by atoms with Gasteiger partial charge in [-0.15, -0.1) is 0 Å². The van der Waals surface area contributed by atoms with Crippen LogP contribution in [0.4, 0.5) is 11.4 Å². The van der Waals surface area contributed by atoms with Crippen molar-refractivity contribution in [2.75, 3.05) is 31.7 Å². The third kappa shape index (κ3) is 5.54. The summed E-state index contributed by atoms with van der Waals surface area (Å²) in [5.74, 6) is 0.653. The van der Waals surface area contributed by atoms with Crippen LogP contribution in [-0.2, 0) is 9.53 Å². The van der Waals surface area contributed by atoms with Crippen molar-refractivity contribution in [2.45, 2.75) is 39.7 Å². The molecule has 41 heavy (non-hydrogen) atoms. The van der Waals surface area contributed by atoms with Crippen LogP contribution in [0.5, 0.6) is 5.75 Å². The Bertz CT molecular complexity index is 1710. The van der Waals surface area contributed by atoms with Crippen LogP contribution in [0.2, 0.25) is 0 Å². The largest absolute Gasteiger partial charge is 0.497 e. The van der Waals surface area contributed by atoms with Crippen molar-refractivity contribution in [1.82, 2.24) is 4.57 Å². The van der Waals surface area contributed by atoms with E-state index >= 15 is 0 Å². The van der Waals surface area contributed by atoms with Gasteiger partial charge in [0.05, 0.1) is 40.5 Å². The molecule has 2 aliphatic rings. The van der Waals surface area contributed by atoms with Crippen LogP contribution in [0.1, 0.15) is 50.8 Å². The second-order valence-corrected chi connectivity index (χ2v) is 11.3. The summed E-state index contributed by atoms with van der Waals surface area (Å²) in [6.45, 7) is 7.52. The van der Waals surface area contributed by atoms with E-state index in [1.165, 1.54) is 28.0 Å². The molecule has 5 rings (SSSR count). The minimum atomic E-state index is -0.782. The number of carbonyl (C=O) groups is 1. The van der Waals surface area contributed by atoms with Gasteiger partial charge in [0.2, 0.25) is 0 Å². The average Bonchev–Trinajstić information content (AvgIpc) is 3.26. The summed E-state index contributed by atoms with van der Waals surface area (Å²) in [5, 5.41) is 11.6. The van der Waals surface area contributed by atoms with Gasteiger partial charge in [-0.3, -0.25) is 19.5 Å². The van der Waals surface area contributed by atoms with Crippen LogP contribution in [-0.4, -0.2) is 42.3 Å². The fourth-order valence-corrected chi connectivity index (χ4v) is 6.41. The molecule has 2 aliphatic heterocycles. The number of aromatic nitrogens is 1. The topological polar surface area (TPSA) is 116 Å². The molecule has 1 fully saturated rings. The number of carbonyl (C=O) groups excluding carboxylic acids is 1. The molecule has 0 aliphatic carbocycles. The standard InChI is InChI=1S/C30H32N4O6S/c1-5-40-29(36)26-19(3)31-30-33(27(26)20-7-6-8-23(16-20)39-4)28(35)25(41-30)17-21-15-22(34(37)38)9-10-24(21)32-13-11-18(2)12-14-32/h6-10,15-18,27H,5,11-14H2,1-4H3/b25-17+/t27-/m0/s1. The minimum Gasteiger partial charge on any atom is -0.497 e. The Labute approximate surface area is 241 Å². The number of esters is 1. The number of hydrogen-bond acceptors (Lipinski definition) is 9. The summed E-state index contributed by atoms with van der Waals surface area (Å²) in [6.07, 6.45) is 3.75. The van der Waals surface area contributed by atoms with Crippen molar-refractivity contribution < 1.29 is 19.2 Å². The van der Waals surface area contributed by atoms with Crippen molar-refractivity contribution in [3.8, 4) is 5.75 Å². The maximum absolute atomic E-state index is 14.1. The van der Waals surface area contributed by atoms with Crippen LogP contribution in [0.25, 0.3) is 6.08 Å². The number of piperidine rings is 1. The summed E-state index contributed by atoms with van der Waals surface area (Å²) < 4.78 is 12.7. The molecule has 1 atom stereocenters. The van der Waals surface area contributed by atoms with Gasteiger partial charge in [0.25, 0.3) is 11.2 Å². The highest BCUT2D eigenvalue weighted by Crippen LogP contribution is 2.33. The molecule has 2 aromatic carbocycles. The number of fused-ring (bicyclic) bond motifs is 1. The monoisotopic (exact) mass is 576 g/mol. The molecule has 0 unspecified atom stereocenters. The van der Waals surface area contributed by atoms with E-state index in [0.717, 1.165) is 31.6 Å². The zero-order chi connectivity index (χ0) is 29.3. The molecule has 3 aromatic rings. The number of rotatable bonds is 7. The van der Waals surface area contributed by atoms with E-state index in [4.69, 9.17) is 9.47 Å². The summed E-state index contributed by atoms with van der Waals surface area (Å²) in [7, 11) is 1.55. The van der Waals surface area contributed by atoms with Crippen molar-refractivity contribution in [3.05, 3.63) is 94.7 Å². The number of nitrogens with zero attached hydrogens (tertiary/aromatic N) is 4. The molecule has 3 heterocycles. The Morgan fingerprint density at radius 1 is 1.22 bits per heavy atom. The molecule has 0 N–H and O–H groups in total. The lowest BCUT2D eigenvalue weighted by atomic mass is 9.95. The second kappa shape index (κ2) is 11.7. The summed E-state index contributed by atoms with van der Waals surface area (Å²) in [6, 6.07) is 11.2. The minimum absolute atomic E-state index is 0.0483. The number of anilines is 1. The number of ether oxygens (including phenoxy) is 2. The second-order valence-electron chi connectivity index (χ2n) is 10.2. The molecule has 0 radical (unpaired) electrons. The number of hydrogen-bond donors (Lipinski definition) is 0. The zero-order valence-electron chi connectivity index (χ0n) is 23.5. The molecule has 214 valence electrons. The summed E-state index contributed by atoms with van der Waals surface area (Å²) in [4.78, 5) is 45.7. The lowest BCUT2D eigenvalue weighted by Crippen LogP contribution is -2.40. The van der Waals surface area contributed by atoms with E-state index in [2.05, 4.69) is 16.8 Å². The van der Waals surface area contributed by atoms with E-state index in [0.29, 0.717) is 37.8 Å². The number of allylic oxidation sites excluding steroid dienone is 1. The predicted octanol–water partition coefficient (Wildman–Crippen LogP) is 3.95. The zero-order valence-corrected chi connectivity index (χ0v) is 24.3. The van der Waals surface area contributed by atoms with Gasteiger partial charge in [-0.1, -0.05) is 30.4 Å². The van der Waals surface area contributed by atoms with Crippen LogP contribution >= 0.6 is 11.3 Å². The fraction of sp³-hybridized carbons (Fsp3) is 0.367. The lowest BCUT2D eigenvalue weighted by molar-refractivity contribution is -0.384. The molecule has 1 aromatic heterocycles. The van der Waals surface area contributed by atoms with Crippen molar-refractivity contribution in [3.63, 3.8) is 0 Å². The number of benzene rings is 2. The maximum atomic E-state index is 14.1. The van der Waals surface area contributed by atoms with Crippen LogP contribution < -0.4 is 24.5 Å². The third-order valence-corrected chi connectivity index (χ3v) is 8.54. The number of non-ortho nitro benzene ring substituents is 1. The van der Waals surface area contributed by atoms with Crippen molar-refractivity contribution >= 4 is 34.8 Å². The Hall–Kier alpha value is -4.25. The number of methoxy groups -OCH3 is 1. The Morgan fingerprint density at radius 2 is 1.98 bits per heavy atom. The normalized spacial score (nSPS) is 17.7. The number of nitro groups is 1. The molecule has 0 amide bonds. The first-order valence-corrected chi connectivity index (χ1v) is 14.4. The molecule has 11 heteroatoms. The molecule has 1 saturated heterocycles. The smallest absolute Gasteiger partial charge is 0.338 e. The maximum Gasteiger partial charge on any atom is 0.338 e. The molecule has 10 nitrogen and oxygen atoms in total. The van der Waals surface area contributed by atoms with E-state index in [9.17, 15) is 19.7 Å². The van der Waals surface area contributed by atoms with Gasteiger partial charge in [0, 0.05) is 36.5 Å². The molecule has 0 spiro atoms. The number of thiazole rings is 1. The van der Waals surface area contributed by atoms with Crippen LogP contribution in [0.15, 0.2) is 63.5 Å². The first-order chi connectivity index (χ1) is 19.7. The first kappa shape index (κ1) is 28.3. The molecular weight excluding hydrogens is 544 g/mol. The van der Waals surface area contributed by atoms with Gasteiger partial charge in [-0.05, 0) is 62.4 Å². The highest BCUT2D eigenvalue weighted by molar-refractivity contribution is 7.07. The first-order valence-electron chi connectivity index (χ1n) is 13.6. The highest BCUT2D eigenvalue weighted by Gasteiger charge is 2.33. The lowest BCUT2D eigenvalue weighted by Gasteiger charge is -2.33. The average molecular weight is 577 g/mol. The third-order valence-electron chi connectivity index (χ3n) is 7.56. The van der Waals surface area contributed by atoms with E-state index in [1.54, 1.807) is 51.3 Å². The van der Waals surface area contributed by atoms with Crippen molar-refractivity contribution in [1.29, 1.82) is 0 Å². The molecular formula is C30H32N4O6S. The Balaban J connectivity index is 1.71. The Kier molecular flexibility index (Phi) is 8.07. The van der Waals surface area contributed by atoms with Gasteiger partial charge >= 0.3 is 5.97 Å². The van der Waals surface area contributed by atoms with Gasteiger partial charge in [0.15, 0.2) is 4.80 Å². The molecule has 0 saturated carbocycles. The van der Waals surface area contributed by atoms with Crippen LogP contribution in [0, 0.1) is 16.0 Å². The number of nitro benzene ring substituents is 1. The SMILES string of the molecule is CCOC(=O)C1=C(C)N=c2s/c(=C/c3cc([N+](=O)[O-])ccc3N3CCC(C)CC3)c(=O)n2[C@H]1c1cccc(OC)c1. The molecule has 0 bridgehead atoms. The summed E-state index contributed by atoms with van der Waals surface area (Å²) >= 11 is 1.19. The van der Waals surface area contributed by atoms with E-state index in [1.807, 2.05) is 6.07 Å². The van der Waals surface area contributed by atoms with Gasteiger partial charge < -0.3 is 14.4 Å². The van der Waals surface area contributed by atoms with Gasteiger partial charge in [0.1, 0.15) is 5.75 Å². The van der Waals surface area contributed by atoms with E-state index in [-0.39, 0.29) is 23.4 Å². The van der Waals surface area contributed by atoms with Gasteiger partial charge in [-0.25, -0.2) is 9.79 Å². The highest BCUT2D eigenvalue weighted by atomic mass is 32.1. The van der Waals surface area contributed by atoms with E-state index < -0.39 is 16.9 Å². The Morgan fingerprint density at radius 3 is 2.66 bits per heavy atom. The predicted molar refractivity (Wildman–Crippen MR) is 157 cm³/mol. The van der Waals surface area contributed by atoms with Crippen molar-refractivity contribution in [2.24, 2.45) is 10.9 Å². The quantitative estimate of drug-likeness (QED) is 0.238. The summed E-state index contributed by atoms with van der Waals surface area (Å²) in [5.41, 5.74) is 2.46.